The first-order valence-corrected chi connectivity index (χ1v) is 4.41. The van der Waals surface area contributed by atoms with Crippen LogP contribution in [0.25, 0.3) is 0 Å². The van der Waals surface area contributed by atoms with Gasteiger partial charge in [-0.05, 0) is 18.2 Å². The second kappa shape index (κ2) is 2.73. The van der Waals surface area contributed by atoms with Crippen LogP contribution in [0.15, 0.2) is 42.7 Å². The third-order valence-corrected chi connectivity index (χ3v) is 2.16. The van der Waals surface area contributed by atoms with Crippen LogP contribution in [0, 0.1) is 0 Å². The Morgan fingerprint density at radius 2 is 1.86 bits per heavy atom. The summed E-state index contributed by atoms with van der Waals surface area (Å²) in [6.45, 7) is 0. The fourth-order valence-corrected chi connectivity index (χ4v) is 1.49. The van der Waals surface area contributed by atoms with E-state index in [2.05, 4.69) is 10.3 Å². The van der Waals surface area contributed by atoms with Gasteiger partial charge in [0.2, 0.25) is 0 Å². The number of hydrogen-bond donors (Lipinski definition) is 1. The van der Waals surface area contributed by atoms with Crippen molar-refractivity contribution in [2.24, 2.45) is 0 Å². The van der Waals surface area contributed by atoms with Crippen molar-refractivity contribution in [1.82, 2.24) is 4.98 Å². The molecule has 0 bridgehead atoms. The molecule has 14 heavy (non-hydrogen) atoms. The van der Waals surface area contributed by atoms with E-state index in [0.29, 0.717) is 0 Å². The molecule has 68 valence electrons. The molecular weight excluding hydrogens is 176 g/mol. The van der Waals surface area contributed by atoms with Crippen molar-refractivity contribution in [3.05, 3.63) is 42.7 Å². The molecule has 0 amide bonds. The minimum atomic E-state index is 0.770. The van der Waals surface area contributed by atoms with E-state index in [9.17, 15) is 0 Å². The number of fused-ring (bicyclic) bond motifs is 2. The largest absolute Gasteiger partial charge is 0.451 e. The summed E-state index contributed by atoms with van der Waals surface area (Å²) in [5.74, 6) is 1.61. The summed E-state index contributed by atoms with van der Waals surface area (Å²) < 4.78 is 5.65. The predicted molar refractivity (Wildman–Crippen MR) is 54.0 cm³/mol. The molecular formula is C11H8N2O. The topological polar surface area (TPSA) is 34.2 Å². The number of hydrogen-bond acceptors (Lipinski definition) is 3. The van der Waals surface area contributed by atoms with Crippen molar-refractivity contribution in [1.29, 1.82) is 0 Å². The van der Waals surface area contributed by atoms with E-state index in [-0.39, 0.29) is 0 Å². The van der Waals surface area contributed by atoms with E-state index < -0.39 is 0 Å². The summed E-state index contributed by atoms with van der Waals surface area (Å²) in [6, 6.07) is 9.73. The zero-order valence-corrected chi connectivity index (χ0v) is 7.40. The van der Waals surface area contributed by atoms with Crippen LogP contribution in [0.1, 0.15) is 0 Å². The molecule has 1 aliphatic heterocycles. The molecule has 0 atom stereocenters. The van der Waals surface area contributed by atoms with E-state index in [1.54, 1.807) is 12.4 Å². The number of aromatic nitrogens is 1. The Labute approximate surface area is 81.4 Å². The molecule has 2 heterocycles. The van der Waals surface area contributed by atoms with Gasteiger partial charge in [0.15, 0.2) is 11.5 Å². The van der Waals surface area contributed by atoms with Crippen LogP contribution in [0.5, 0.6) is 11.5 Å². The molecule has 0 fully saturated rings. The number of nitrogens with one attached hydrogen (secondary N) is 1. The minimum Gasteiger partial charge on any atom is -0.451 e. The molecule has 1 N–H and O–H groups in total. The third kappa shape index (κ3) is 1.03. The highest BCUT2D eigenvalue weighted by Crippen LogP contribution is 2.40. The van der Waals surface area contributed by atoms with Crippen molar-refractivity contribution >= 4 is 11.4 Å². The first-order chi connectivity index (χ1) is 6.93. The van der Waals surface area contributed by atoms with Gasteiger partial charge in [-0.3, -0.25) is 4.98 Å². The molecule has 0 saturated carbocycles. The maximum atomic E-state index is 5.65. The van der Waals surface area contributed by atoms with Crippen LogP contribution in [-0.2, 0) is 0 Å². The maximum absolute atomic E-state index is 5.65. The highest BCUT2D eigenvalue weighted by molar-refractivity contribution is 5.74. The van der Waals surface area contributed by atoms with Crippen LogP contribution < -0.4 is 10.1 Å². The average molecular weight is 184 g/mol. The smallest absolute Gasteiger partial charge is 0.169 e. The maximum Gasteiger partial charge on any atom is 0.169 e. The number of pyridine rings is 1. The third-order valence-electron chi connectivity index (χ3n) is 2.16. The molecule has 3 heteroatoms. The summed E-state index contributed by atoms with van der Waals surface area (Å²) in [6.07, 6.45) is 3.45. The van der Waals surface area contributed by atoms with Crippen LogP contribution in [0.2, 0.25) is 0 Å². The number of rotatable bonds is 0. The van der Waals surface area contributed by atoms with Gasteiger partial charge in [0.25, 0.3) is 0 Å². The summed E-state index contributed by atoms with van der Waals surface area (Å²) >= 11 is 0. The van der Waals surface area contributed by atoms with Crippen molar-refractivity contribution in [3.63, 3.8) is 0 Å². The second-order valence-corrected chi connectivity index (χ2v) is 3.10. The molecule has 0 aliphatic carbocycles. The van der Waals surface area contributed by atoms with Crippen LogP contribution in [0.4, 0.5) is 11.4 Å². The Balaban J connectivity index is 2.12. The van der Waals surface area contributed by atoms with E-state index in [1.165, 1.54) is 0 Å². The standard InChI is InChI=1S/C11H8N2O/c1-2-4-10-8(3-1)13-9-5-6-12-7-11(9)14-10/h1-7,13H. The SMILES string of the molecule is c1ccc2c(c1)Nc1ccncc1O2. The molecule has 0 saturated heterocycles. The lowest BCUT2D eigenvalue weighted by atomic mass is 10.2. The van der Waals surface area contributed by atoms with Gasteiger partial charge in [-0.1, -0.05) is 12.1 Å². The lowest BCUT2D eigenvalue weighted by molar-refractivity contribution is 0.479. The first kappa shape index (κ1) is 7.38. The number of ether oxygens (including phenoxy) is 1. The van der Waals surface area contributed by atoms with E-state index in [4.69, 9.17) is 4.74 Å². The second-order valence-electron chi connectivity index (χ2n) is 3.10. The average Bonchev–Trinajstić information content (AvgIpc) is 2.26. The molecule has 1 aromatic heterocycles. The Morgan fingerprint density at radius 3 is 2.86 bits per heavy atom. The van der Waals surface area contributed by atoms with Gasteiger partial charge >= 0.3 is 0 Å². The van der Waals surface area contributed by atoms with Gasteiger partial charge < -0.3 is 10.1 Å². The molecule has 0 spiro atoms. The summed E-state index contributed by atoms with van der Waals surface area (Å²) in [5, 5.41) is 3.28. The fraction of sp³-hybridized carbons (Fsp3) is 0. The van der Waals surface area contributed by atoms with Gasteiger partial charge in [-0.15, -0.1) is 0 Å². The van der Waals surface area contributed by atoms with Crippen LogP contribution in [0.3, 0.4) is 0 Å². The van der Waals surface area contributed by atoms with Gasteiger partial charge in [-0.2, -0.15) is 0 Å². The zero-order valence-electron chi connectivity index (χ0n) is 7.40. The molecule has 1 aliphatic rings. The van der Waals surface area contributed by atoms with Crippen molar-refractivity contribution in [2.75, 3.05) is 5.32 Å². The first-order valence-electron chi connectivity index (χ1n) is 4.41. The summed E-state index contributed by atoms with van der Waals surface area (Å²) in [7, 11) is 0. The molecule has 3 rings (SSSR count). The lowest BCUT2D eigenvalue weighted by Crippen LogP contribution is -2.02. The van der Waals surface area contributed by atoms with E-state index >= 15 is 0 Å². The number of nitrogens with zero attached hydrogens (tertiary/aromatic N) is 1. The van der Waals surface area contributed by atoms with Crippen molar-refractivity contribution < 1.29 is 4.74 Å². The molecule has 0 unspecified atom stereocenters. The van der Waals surface area contributed by atoms with Crippen LogP contribution in [-0.4, -0.2) is 4.98 Å². The highest BCUT2D eigenvalue weighted by Gasteiger charge is 2.14. The fourth-order valence-electron chi connectivity index (χ4n) is 1.49. The Hall–Kier alpha value is -2.03. The number of benzene rings is 1. The Kier molecular flexibility index (Phi) is 1.44. The highest BCUT2D eigenvalue weighted by atomic mass is 16.5. The van der Waals surface area contributed by atoms with Gasteiger partial charge in [-0.25, -0.2) is 0 Å². The molecule has 1 aromatic carbocycles. The Bertz CT molecular complexity index is 395. The Morgan fingerprint density at radius 1 is 1.00 bits per heavy atom. The minimum absolute atomic E-state index is 0.770. The normalized spacial score (nSPS) is 12.0. The zero-order chi connectivity index (χ0) is 9.38. The predicted octanol–water partition coefficient (Wildman–Crippen LogP) is 2.93. The van der Waals surface area contributed by atoms with Gasteiger partial charge in [0, 0.05) is 6.20 Å². The van der Waals surface area contributed by atoms with Gasteiger partial charge in [0.1, 0.15) is 0 Å². The molecule has 3 nitrogen and oxygen atoms in total. The van der Waals surface area contributed by atoms with E-state index in [0.717, 1.165) is 22.9 Å². The number of para-hydroxylation sites is 2. The monoisotopic (exact) mass is 184 g/mol. The lowest BCUT2D eigenvalue weighted by Gasteiger charge is -2.20. The van der Waals surface area contributed by atoms with Crippen molar-refractivity contribution in [3.8, 4) is 11.5 Å². The van der Waals surface area contributed by atoms with Crippen molar-refractivity contribution in [2.45, 2.75) is 0 Å². The van der Waals surface area contributed by atoms with Crippen LogP contribution >= 0.6 is 0 Å². The molecule has 2 aromatic rings. The van der Waals surface area contributed by atoms with E-state index in [1.807, 2.05) is 30.3 Å². The summed E-state index contributed by atoms with van der Waals surface area (Å²) in [5.41, 5.74) is 1.95. The number of anilines is 2. The summed E-state index contributed by atoms with van der Waals surface area (Å²) in [4.78, 5) is 4.01. The quantitative estimate of drug-likeness (QED) is 0.583. The van der Waals surface area contributed by atoms with Gasteiger partial charge in [0.05, 0.1) is 17.6 Å². The molecule has 0 radical (unpaired) electrons.